The zero-order valence-electron chi connectivity index (χ0n) is 7.83. The third-order valence-corrected chi connectivity index (χ3v) is 2.08. The summed E-state index contributed by atoms with van der Waals surface area (Å²) < 4.78 is 0. The van der Waals surface area contributed by atoms with E-state index in [0.717, 1.165) is 17.5 Å². The average molecular weight is 177 g/mol. The molecule has 0 amide bonds. The molecular formula is C11H15NO. The molecule has 0 radical (unpaired) electrons. The van der Waals surface area contributed by atoms with Crippen LogP contribution in [0.15, 0.2) is 30.9 Å². The summed E-state index contributed by atoms with van der Waals surface area (Å²) in [6.07, 6.45) is 2.50. The Bertz CT molecular complexity index is 307. The van der Waals surface area contributed by atoms with E-state index in [1.807, 2.05) is 19.1 Å². The van der Waals surface area contributed by atoms with Gasteiger partial charge in [-0.15, -0.1) is 6.58 Å². The molecule has 13 heavy (non-hydrogen) atoms. The van der Waals surface area contributed by atoms with E-state index in [1.165, 1.54) is 0 Å². The van der Waals surface area contributed by atoms with E-state index in [2.05, 4.69) is 6.58 Å². The predicted molar refractivity (Wildman–Crippen MR) is 54.6 cm³/mol. The summed E-state index contributed by atoms with van der Waals surface area (Å²) in [5.74, 6) is 0.303. The Morgan fingerprint density at radius 3 is 2.85 bits per heavy atom. The van der Waals surface area contributed by atoms with Crippen LogP contribution in [0.3, 0.4) is 0 Å². The Hall–Kier alpha value is -1.28. The van der Waals surface area contributed by atoms with Crippen LogP contribution in [0, 0.1) is 6.92 Å². The number of nitrogens with two attached hydrogens (primary N) is 1. The minimum absolute atomic E-state index is 0.0657. The van der Waals surface area contributed by atoms with E-state index >= 15 is 0 Å². The van der Waals surface area contributed by atoms with Gasteiger partial charge in [-0.1, -0.05) is 18.2 Å². The molecule has 1 atom stereocenters. The highest BCUT2D eigenvalue weighted by Gasteiger charge is 2.05. The number of aromatic hydroxyl groups is 1. The highest BCUT2D eigenvalue weighted by Crippen LogP contribution is 2.22. The van der Waals surface area contributed by atoms with Crippen LogP contribution < -0.4 is 5.73 Å². The fourth-order valence-corrected chi connectivity index (χ4v) is 1.17. The van der Waals surface area contributed by atoms with E-state index in [9.17, 15) is 5.11 Å². The van der Waals surface area contributed by atoms with Gasteiger partial charge in [0.05, 0.1) is 0 Å². The molecule has 0 saturated heterocycles. The number of aryl methyl sites for hydroxylation is 1. The molecule has 1 aromatic carbocycles. The molecule has 0 spiro atoms. The first-order valence-electron chi connectivity index (χ1n) is 4.31. The van der Waals surface area contributed by atoms with Crippen LogP contribution in [0.2, 0.25) is 0 Å². The summed E-state index contributed by atoms with van der Waals surface area (Å²) in [4.78, 5) is 0. The molecule has 2 nitrogen and oxygen atoms in total. The molecule has 0 bridgehead atoms. The van der Waals surface area contributed by atoms with E-state index in [0.29, 0.717) is 5.75 Å². The molecule has 2 heteroatoms. The van der Waals surface area contributed by atoms with Crippen molar-refractivity contribution in [1.29, 1.82) is 0 Å². The van der Waals surface area contributed by atoms with Crippen LogP contribution in [-0.4, -0.2) is 5.11 Å². The first-order valence-corrected chi connectivity index (χ1v) is 4.31. The molecule has 0 fully saturated rings. The Kier molecular flexibility index (Phi) is 3.09. The molecule has 0 aromatic heterocycles. The van der Waals surface area contributed by atoms with Gasteiger partial charge in [0.2, 0.25) is 0 Å². The molecule has 1 aromatic rings. The third-order valence-electron chi connectivity index (χ3n) is 2.08. The second-order valence-electron chi connectivity index (χ2n) is 3.18. The lowest BCUT2D eigenvalue weighted by atomic mass is 10.0. The summed E-state index contributed by atoms with van der Waals surface area (Å²) >= 11 is 0. The summed E-state index contributed by atoms with van der Waals surface area (Å²) in [6.45, 7) is 5.48. The van der Waals surface area contributed by atoms with Crippen LogP contribution in [0.25, 0.3) is 0 Å². The first kappa shape index (κ1) is 9.81. The van der Waals surface area contributed by atoms with Crippen molar-refractivity contribution in [3.63, 3.8) is 0 Å². The maximum Gasteiger partial charge on any atom is 0.118 e. The van der Waals surface area contributed by atoms with Gasteiger partial charge < -0.3 is 10.8 Å². The molecule has 70 valence electrons. The maximum atomic E-state index is 9.44. The van der Waals surface area contributed by atoms with Gasteiger partial charge in [-0.25, -0.2) is 0 Å². The topological polar surface area (TPSA) is 46.2 Å². The predicted octanol–water partition coefficient (Wildman–Crippen LogP) is 2.28. The Morgan fingerprint density at radius 1 is 1.62 bits per heavy atom. The van der Waals surface area contributed by atoms with Gasteiger partial charge in [0.15, 0.2) is 0 Å². The molecule has 0 saturated carbocycles. The second-order valence-corrected chi connectivity index (χ2v) is 3.18. The minimum atomic E-state index is -0.0657. The van der Waals surface area contributed by atoms with Gasteiger partial charge in [0.25, 0.3) is 0 Å². The molecule has 0 aliphatic heterocycles. The van der Waals surface area contributed by atoms with Crippen molar-refractivity contribution >= 4 is 0 Å². The maximum absolute atomic E-state index is 9.44. The van der Waals surface area contributed by atoms with Gasteiger partial charge in [0.1, 0.15) is 5.75 Å². The number of phenols is 1. The van der Waals surface area contributed by atoms with Crippen molar-refractivity contribution in [3.05, 3.63) is 42.0 Å². The number of hydrogen-bond donors (Lipinski definition) is 2. The smallest absolute Gasteiger partial charge is 0.118 e. The average Bonchev–Trinajstić information content (AvgIpc) is 2.10. The van der Waals surface area contributed by atoms with Crippen molar-refractivity contribution in [2.75, 3.05) is 0 Å². The summed E-state index contributed by atoms with van der Waals surface area (Å²) in [7, 11) is 0. The van der Waals surface area contributed by atoms with Gasteiger partial charge in [-0.05, 0) is 30.5 Å². The fourth-order valence-electron chi connectivity index (χ4n) is 1.17. The molecule has 3 N–H and O–H groups in total. The standard InChI is InChI=1S/C11H15NO/c1-3-4-10(12)9-6-5-8(2)11(13)7-9/h3,5-7,10,13H,1,4,12H2,2H3/t10-/m1/s1. The van der Waals surface area contributed by atoms with Crippen LogP contribution in [0.1, 0.15) is 23.6 Å². The fraction of sp³-hybridized carbons (Fsp3) is 0.273. The lowest BCUT2D eigenvalue weighted by Gasteiger charge is -2.10. The largest absolute Gasteiger partial charge is 0.508 e. The van der Waals surface area contributed by atoms with Gasteiger partial charge in [0, 0.05) is 6.04 Å². The summed E-state index contributed by atoms with van der Waals surface area (Å²) in [6, 6.07) is 5.45. The lowest BCUT2D eigenvalue weighted by molar-refractivity contribution is 0.469. The SMILES string of the molecule is C=CC[C@@H](N)c1ccc(C)c(O)c1. The number of benzene rings is 1. The zero-order chi connectivity index (χ0) is 9.84. The number of rotatable bonds is 3. The van der Waals surface area contributed by atoms with E-state index < -0.39 is 0 Å². The molecule has 0 aliphatic rings. The Labute approximate surface area is 78.7 Å². The van der Waals surface area contributed by atoms with Gasteiger partial charge in [-0.3, -0.25) is 0 Å². The molecule has 1 rings (SSSR count). The first-order chi connectivity index (χ1) is 6.15. The minimum Gasteiger partial charge on any atom is -0.508 e. The summed E-state index contributed by atoms with van der Waals surface area (Å²) in [5.41, 5.74) is 7.66. The Morgan fingerprint density at radius 2 is 2.31 bits per heavy atom. The molecule has 0 aliphatic carbocycles. The van der Waals surface area contributed by atoms with Gasteiger partial charge >= 0.3 is 0 Å². The quantitative estimate of drug-likeness (QED) is 0.696. The third kappa shape index (κ3) is 2.33. The van der Waals surface area contributed by atoms with E-state index in [4.69, 9.17) is 5.73 Å². The van der Waals surface area contributed by atoms with Crippen LogP contribution >= 0.6 is 0 Å². The Balaban J connectivity index is 2.89. The highest BCUT2D eigenvalue weighted by molar-refractivity contribution is 5.36. The van der Waals surface area contributed by atoms with E-state index in [1.54, 1.807) is 12.1 Å². The summed E-state index contributed by atoms with van der Waals surface area (Å²) in [5, 5.41) is 9.44. The monoisotopic (exact) mass is 177 g/mol. The van der Waals surface area contributed by atoms with Crippen LogP contribution in [0.5, 0.6) is 5.75 Å². The molecule has 0 heterocycles. The van der Waals surface area contributed by atoms with Crippen molar-refractivity contribution in [3.8, 4) is 5.75 Å². The number of phenolic OH excluding ortho intramolecular Hbond substituents is 1. The van der Waals surface area contributed by atoms with Crippen molar-refractivity contribution in [2.24, 2.45) is 5.73 Å². The molecule has 0 unspecified atom stereocenters. The lowest BCUT2D eigenvalue weighted by Crippen LogP contribution is -2.08. The number of hydrogen-bond acceptors (Lipinski definition) is 2. The van der Waals surface area contributed by atoms with Crippen molar-refractivity contribution < 1.29 is 5.11 Å². The van der Waals surface area contributed by atoms with E-state index in [-0.39, 0.29) is 6.04 Å². The van der Waals surface area contributed by atoms with Gasteiger partial charge in [-0.2, -0.15) is 0 Å². The van der Waals surface area contributed by atoms with Crippen molar-refractivity contribution in [2.45, 2.75) is 19.4 Å². The van der Waals surface area contributed by atoms with Crippen molar-refractivity contribution in [1.82, 2.24) is 0 Å². The van der Waals surface area contributed by atoms with Crippen LogP contribution in [-0.2, 0) is 0 Å². The highest BCUT2D eigenvalue weighted by atomic mass is 16.3. The normalized spacial score (nSPS) is 12.5. The zero-order valence-corrected chi connectivity index (χ0v) is 7.83. The molecular weight excluding hydrogens is 162 g/mol. The second kappa shape index (κ2) is 4.10. The van der Waals surface area contributed by atoms with Crippen LogP contribution in [0.4, 0.5) is 0 Å².